The largest absolute Gasteiger partial charge is 0.466 e. The minimum absolute atomic E-state index is 0.0138. The Bertz CT molecular complexity index is 458. The number of carbonyl (C=O) groups is 2. The molecular formula is C14H19NO4. The van der Waals surface area contributed by atoms with E-state index in [1.165, 1.54) is 0 Å². The van der Waals surface area contributed by atoms with Gasteiger partial charge in [-0.25, -0.2) is 0 Å². The zero-order chi connectivity index (χ0) is 13.8. The summed E-state index contributed by atoms with van der Waals surface area (Å²) >= 11 is 0. The van der Waals surface area contributed by atoms with E-state index >= 15 is 0 Å². The van der Waals surface area contributed by atoms with Crippen LogP contribution in [0.15, 0.2) is 12.2 Å². The quantitative estimate of drug-likeness (QED) is 0.558. The summed E-state index contributed by atoms with van der Waals surface area (Å²) in [5, 5.41) is 0. The number of carbonyl (C=O) groups excluding carboxylic acids is 2. The van der Waals surface area contributed by atoms with Gasteiger partial charge in [0.15, 0.2) is 0 Å². The Kier molecular flexibility index (Phi) is 2.71. The van der Waals surface area contributed by atoms with Crippen LogP contribution in [0.25, 0.3) is 0 Å². The normalized spacial score (nSPS) is 39.3. The van der Waals surface area contributed by atoms with E-state index in [4.69, 9.17) is 9.47 Å². The predicted molar refractivity (Wildman–Crippen MR) is 67.2 cm³/mol. The molecule has 3 rings (SSSR count). The Morgan fingerprint density at radius 2 is 2.37 bits per heavy atom. The number of rotatable bonds is 3. The second-order valence-corrected chi connectivity index (χ2v) is 5.71. The lowest BCUT2D eigenvalue weighted by atomic mass is 9.77. The second-order valence-electron chi connectivity index (χ2n) is 5.71. The van der Waals surface area contributed by atoms with Gasteiger partial charge >= 0.3 is 5.97 Å². The van der Waals surface area contributed by atoms with E-state index in [1.54, 1.807) is 11.8 Å². The number of likely N-dealkylation sites (tertiary alicyclic amines) is 1. The molecule has 3 aliphatic heterocycles. The summed E-state index contributed by atoms with van der Waals surface area (Å²) in [7, 11) is 0. The molecule has 0 aromatic rings. The van der Waals surface area contributed by atoms with Crippen LogP contribution in [-0.4, -0.2) is 47.7 Å². The molecule has 2 saturated heterocycles. The van der Waals surface area contributed by atoms with Gasteiger partial charge in [-0.15, -0.1) is 0 Å². The molecule has 19 heavy (non-hydrogen) atoms. The van der Waals surface area contributed by atoms with E-state index < -0.39 is 17.4 Å². The lowest BCUT2D eigenvalue weighted by molar-refractivity contribution is -0.153. The Hall–Kier alpha value is -1.36. The highest BCUT2D eigenvalue weighted by Gasteiger charge is 2.67. The molecule has 0 N–H and O–H groups in total. The molecule has 1 amide bonds. The highest BCUT2D eigenvalue weighted by molar-refractivity contribution is 5.91. The summed E-state index contributed by atoms with van der Waals surface area (Å²) in [6, 6.07) is 0.117. The average Bonchev–Trinajstić information content (AvgIpc) is 2.98. The van der Waals surface area contributed by atoms with E-state index in [1.807, 2.05) is 26.0 Å². The fraction of sp³-hybridized carbons (Fsp3) is 0.714. The fourth-order valence-electron chi connectivity index (χ4n) is 3.47. The molecule has 2 fully saturated rings. The molecule has 0 unspecified atom stereocenters. The van der Waals surface area contributed by atoms with E-state index in [0.717, 1.165) is 0 Å². The Morgan fingerprint density at radius 1 is 1.63 bits per heavy atom. The standard InChI is InChI=1S/C14H19NO4/c1-4-18-13(17)10-9-5-6-14(19-9)7-15(8(2)3)12(16)11(10)14/h5-6,8-11H,4,7H2,1-3H3/t9-,10+,11-,14+/m1/s1. The fourth-order valence-corrected chi connectivity index (χ4v) is 3.47. The van der Waals surface area contributed by atoms with Crippen molar-refractivity contribution in [3.05, 3.63) is 12.2 Å². The molecule has 3 heterocycles. The number of hydrogen-bond donors (Lipinski definition) is 0. The first-order chi connectivity index (χ1) is 9.00. The van der Waals surface area contributed by atoms with Crippen molar-refractivity contribution in [1.82, 2.24) is 4.90 Å². The SMILES string of the molecule is CCOC(=O)[C@H]1[C@H]2C=C[C@@]3(CN(C(C)C)C(=O)[C@@H]13)O2. The van der Waals surface area contributed by atoms with Crippen LogP contribution in [0.3, 0.4) is 0 Å². The van der Waals surface area contributed by atoms with E-state index in [2.05, 4.69) is 0 Å². The van der Waals surface area contributed by atoms with Crippen LogP contribution in [0, 0.1) is 11.8 Å². The molecular weight excluding hydrogens is 246 g/mol. The van der Waals surface area contributed by atoms with Crippen LogP contribution in [0.2, 0.25) is 0 Å². The molecule has 5 nitrogen and oxygen atoms in total. The van der Waals surface area contributed by atoms with E-state index in [0.29, 0.717) is 13.2 Å². The van der Waals surface area contributed by atoms with Gasteiger partial charge < -0.3 is 14.4 Å². The van der Waals surface area contributed by atoms with Crippen LogP contribution >= 0.6 is 0 Å². The van der Waals surface area contributed by atoms with E-state index in [-0.39, 0.29) is 24.0 Å². The summed E-state index contributed by atoms with van der Waals surface area (Å²) in [5.41, 5.74) is -0.608. The van der Waals surface area contributed by atoms with Crippen LogP contribution in [-0.2, 0) is 19.1 Å². The topological polar surface area (TPSA) is 55.8 Å². The minimum atomic E-state index is -0.608. The number of nitrogens with zero attached hydrogens (tertiary/aromatic N) is 1. The van der Waals surface area contributed by atoms with Gasteiger partial charge in [-0.2, -0.15) is 0 Å². The maximum Gasteiger partial charge on any atom is 0.312 e. The molecule has 0 saturated carbocycles. The lowest BCUT2D eigenvalue weighted by Gasteiger charge is -2.24. The summed E-state index contributed by atoms with van der Waals surface area (Å²) < 4.78 is 11.0. The monoisotopic (exact) mass is 265 g/mol. The van der Waals surface area contributed by atoms with Crippen LogP contribution < -0.4 is 0 Å². The van der Waals surface area contributed by atoms with Gasteiger partial charge in [-0.3, -0.25) is 9.59 Å². The Labute approximate surface area is 112 Å². The van der Waals surface area contributed by atoms with Crippen molar-refractivity contribution in [3.8, 4) is 0 Å². The van der Waals surface area contributed by atoms with E-state index in [9.17, 15) is 9.59 Å². The first-order valence-corrected chi connectivity index (χ1v) is 6.84. The minimum Gasteiger partial charge on any atom is -0.466 e. The lowest BCUT2D eigenvalue weighted by Crippen LogP contribution is -2.40. The van der Waals surface area contributed by atoms with Crippen LogP contribution in [0.4, 0.5) is 0 Å². The van der Waals surface area contributed by atoms with Crippen molar-refractivity contribution < 1.29 is 19.1 Å². The van der Waals surface area contributed by atoms with Crippen molar-refractivity contribution in [2.45, 2.75) is 38.5 Å². The maximum atomic E-state index is 12.5. The summed E-state index contributed by atoms with van der Waals surface area (Å²) in [4.78, 5) is 26.4. The highest BCUT2D eigenvalue weighted by Crippen LogP contribution is 2.52. The Balaban J connectivity index is 1.93. The molecule has 5 heteroatoms. The third-order valence-corrected chi connectivity index (χ3v) is 4.31. The molecule has 3 aliphatic rings. The zero-order valence-corrected chi connectivity index (χ0v) is 11.5. The Morgan fingerprint density at radius 3 is 3.00 bits per heavy atom. The molecule has 0 aliphatic carbocycles. The average molecular weight is 265 g/mol. The number of esters is 1. The summed E-state index contributed by atoms with van der Waals surface area (Å²) in [5.74, 6) is -1.20. The number of hydrogen-bond acceptors (Lipinski definition) is 4. The van der Waals surface area contributed by atoms with Crippen molar-refractivity contribution in [2.75, 3.05) is 13.2 Å². The second kappa shape index (κ2) is 4.07. The third kappa shape index (κ3) is 1.57. The van der Waals surface area contributed by atoms with Crippen molar-refractivity contribution in [1.29, 1.82) is 0 Å². The van der Waals surface area contributed by atoms with Gasteiger partial charge in [0.1, 0.15) is 11.5 Å². The third-order valence-electron chi connectivity index (χ3n) is 4.31. The van der Waals surface area contributed by atoms with Gasteiger partial charge in [0.2, 0.25) is 5.91 Å². The molecule has 0 aromatic carbocycles. The summed E-state index contributed by atoms with van der Waals surface area (Å²) in [6.45, 7) is 6.59. The molecule has 2 bridgehead atoms. The van der Waals surface area contributed by atoms with Gasteiger partial charge in [-0.05, 0) is 20.8 Å². The molecule has 0 radical (unpaired) electrons. The smallest absolute Gasteiger partial charge is 0.312 e. The molecule has 4 atom stereocenters. The van der Waals surface area contributed by atoms with Crippen LogP contribution in [0.1, 0.15) is 20.8 Å². The first kappa shape index (κ1) is 12.7. The van der Waals surface area contributed by atoms with Crippen LogP contribution in [0.5, 0.6) is 0 Å². The van der Waals surface area contributed by atoms with Gasteiger partial charge in [0, 0.05) is 6.04 Å². The maximum absolute atomic E-state index is 12.5. The zero-order valence-electron chi connectivity index (χ0n) is 11.5. The van der Waals surface area contributed by atoms with Crippen molar-refractivity contribution >= 4 is 11.9 Å². The van der Waals surface area contributed by atoms with Crippen molar-refractivity contribution in [2.24, 2.45) is 11.8 Å². The molecule has 104 valence electrons. The molecule has 0 aromatic heterocycles. The molecule has 1 spiro atoms. The van der Waals surface area contributed by atoms with Gasteiger partial charge in [-0.1, -0.05) is 12.2 Å². The number of fused-ring (bicyclic) bond motifs is 1. The summed E-state index contributed by atoms with van der Waals surface area (Å²) in [6.07, 6.45) is 3.55. The van der Waals surface area contributed by atoms with Crippen molar-refractivity contribution in [3.63, 3.8) is 0 Å². The highest BCUT2D eigenvalue weighted by atomic mass is 16.6. The number of amides is 1. The number of ether oxygens (including phenoxy) is 2. The van der Waals surface area contributed by atoms with Gasteiger partial charge in [0.25, 0.3) is 0 Å². The first-order valence-electron chi connectivity index (χ1n) is 6.84. The van der Waals surface area contributed by atoms with Gasteiger partial charge in [0.05, 0.1) is 25.2 Å². The predicted octanol–water partition coefficient (Wildman–Crippen LogP) is 0.740.